The van der Waals surface area contributed by atoms with Crippen molar-refractivity contribution >= 4 is 23.0 Å². The lowest BCUT2D eigenvalue weighted by Gasteiger charge is -2.22. The number of hydrogen-bond acceptors (Lipinski definition) is 10. The predicted molar refractivity (Wildman–Crippen MR) is 168 cm³/mol. The molecule has 236 valence electrons. The van der Waals surface area contributed by atoms with Crippen LogP contribution in [0.25, 0.3) is 11.2 Å². The van der Waals surface area contributed by atoms with Crippen LogP contribution in [0.3, 0.4) is 0 Å². The van der Waals surface area contributed by atoms with Crippen molar-refractivity contribution in [2.75, 3.05) is 45.8 Å². The number of aromatic nitrogens is 4. The second-order valence-electron chi connectivity index (χ2n) is 10.6. The lowest BCUT2D eigenvalue weighted by atomic mass is 10.1. The van der Waals surface area contributed by atoms with Gasteiger partial charge in [-0.25, -0.2) is 4.79 Å². The summed E-state index contributed by atoms with van der Waals surface area (Å²) >= 11 is 0. The summed E-state index contributed by atoms with van der Waals surface area (Å²) in [4.78, 5) is 38.0. The first-order valence-corrected chi connectivity index (χ1v) is 15.0. The number of methoxy groups -OCH3 is 1. The minimum Gasteiger partial charge on any atom is -0.494 e. The maximum atomic E-state index is 12.7. The third-order valence-corrected chi connectivity index (χ3v) is 7.12. The van der Waals surface area contributed by atoms with Crippen LogP contribution in [0.2, 0.25) is 0 Å². The molecule has 2 aromatic carbocycles. The van der Waals surface area contributed by atoms with Gasteiger partial charge >= 0.3 is 17.7 Å². The third kappa shape index (κ3) is 9.29. The first-order valence-electron chi connectivity index (χ1n) is 15.0. The molecule has 4 rings (SSSR count). The van der Waals surface area contributed by atoms with Crippen molar-refractivity contribution in [1.82, 2.24) is 24.4 Å². The average molecular weight is 607 g/mol. The Kier molecular flexibility index (Phi) is 12.1. The molecule has 0 bridgehead atoms. The zero-order valence-corrected chi connectivity index (χ0v) is 25.5. The Morgan fingerprint density at radius 2 is 1.75 bits per heavy atom. The Bertz CT molecular complexity index is 1550. The van der Waals surface area contributed by atoms with Crippen molar-refractivity contribution in [1.29, 1.82) is 0 Å². The molecule has 12 heteroatoms. The highest BCUT2D eigenvalue weighted by molar-refractivity contribution is 5.82. The van der Waals surface area contributed by atoms with Crippen LogP contribution in [-0.4, -0.2) is 75.5 Å². The van der Waals surface area contributed by atoms with E-state index in [1.54, 1.807) is 0 Å². The fourth-order valence-electron chi connectivity index (χ4n) is 4.80. The third-order valence-electron chi connectivity index (χ3n) is 7.12. The number of imidazole rings is 1. The highest BCUT2D eigenvalue weighted by Crippen LogP contribution is 2.20. The zero-order valence-electron chi connectivity index (χ0n) is 25.5. The number of fused-ring (bicyclic) bond motifs is 1. The molecule has 0 aliphatic rings. The van der Waals surface area contributed by atoms with Crippen LogP contribution >= 0.6 is 0 Å². The van der Waals surface area contributed by atoms with Gasteiger partial charge < -0.3 is 30.0 Å². The molecule has 4 N–H and O–H groups in total. The predicted octanol–water partition coefficient (Wildman–Crippen LogP) is 3.30. The van der Waals surface area contributed by atoms with Crippen LogP contribution in [-0.2, 0) is 29.0 Å². The van der Waals surface area contributed by atoms with Crippen LogP contribution in [0.1, 0.15) is 49.3 Å². The first-order chi connectivity index (χ1) is 21.4. The monoisotopic (exact) mass is 606 g/mol. The Morgan fingerprint density at radius 1 is 1.00 bits per heavy atom. The summed E-state index contributed by atoms with van der Waals surface area (Å²) in [5, 5.41) is 9.37. The van der Waals surface area contributed by atoms with Crippen molar-refractivity contribution in [2.24, 2.45) is 0 Å². The molecule has 0 atom stereocenters. The van der Waals surface area contributed by atoms with Gasteiger partial charge in [-0.1, -0.05) is 49.7 Å². The number of benzene rings is 2. The van der Waals surface area contributed by atoms with E-state index in [1.807, 2.05) is 48.5 Å². The summed E-state index contributed by atoms with van der Waals surface area (Å²) in [5.74, 6) is 0.636. The fraction of sp³-hybridized carbons (Fsp3) is 0.438. The van der Waals surface area contributed by atoms with E-state index in [4.69, 9.17) is 19.9 Å². The summed E-state index contributed by atoms with van der Waals surface area (Å²) in [5.41, 5.74) is 9.44. The van der Waals surface area contributed by atoms with Gasteiger partial charge in [-0.15, -0.1) is 0 Å². The molecule has 12 nitrogen and oxygen atoms in total. The van der Waals surface area contributed by atoms with E-state index in [0.29, 0.717) is 43.9 Å². The molecular weight excluding hydrogens is 564 g/mol. The summed E-state index contributed by atoms with van der Waals surface area (Å²) in [6.45, 7) is 5.74. The summed E-state index contributed by atoms with van der Waals surface area (Å²) in [6, 6.07) is 15.7. The summed E-state index contributed by atoms with van der Waals surface area (Å²) < 4.78 is 17.9. The largest absolute Gasteiger partial charge is 0.494 e. The number of aromatic amines is 1. The molecule has 0 spiro atoms. The van der Waals surface area contributed by atoms with Gasteiger partial charge in [0, 0.05) is 26.2 Å². The lowest BCUT2D eigenvalue weighted by Crippen LogP contribution is -2.27. The van der Waals surface area contributed by atoms with Gasteiger partial charge in [0.1, 0.15) is 11.3 Å². The molecule has 2 aromatic heterocycles. The Morgan fingerprint density at radius 3 is 2.50 bits per heavy atom. The number of nitrogen functional groups attached to an aromatic ring is 1. The van der Waals surface area contributed by atoms with Gasteiger partial charge in [0.15, 0.2) is 11.5 Å². The number of anilines is 1. The average Bonchev–Trinajstić information content (AvgIpc) is 3.34. The number of carbonyl (C=O) groups is 1. The number of nitrogens with zero attached hydrogens (tertiary/aromatic N) is 4. The number of nitrogens with one attached hydrogen (secondary N) is 1. The molecule has 44 heavy (non-hydrogen) atoms. The van der Waals surface area contributed by atoms with E-state index >= 15 is 0 Å². The molecular formula is C32H42N6O6. The number of ether oxygens (including phenoxy) is 3. The van der Waals surface area contributed by atoms with E-state index < -0.39 is 0 Å². The summed E-state index contributed by atoms with van der Waals surface area (Å²) in [7, 11) is 1.39. The van der Waals surface area contributed by atoms with Crippen molar-refractivity contribution in [2.45, 2.75) is 52.1 Å². The molecule has 0 saturated carbocycles. The topological polar surface area (TPSA) is 158 Å². The molecule has 0 amide bonds. The fourth-order valence-corrected chi connectivity index (χ4v) is 4.80. The minimum absolute atomic E-state index is 0.126. The van der Waals surface area contributed by atoms with E-state index in [2.05, 4.69) is 26.8 Å². The van der Waals surface area contributed by atoms with Gasteiger partial charge in [0.25, 0.3) is 0 Å². The number of hydrogen-bond donors (Lipinski definition) is 3. The van der Waals surface area contributed by atoms with Crippen molar-refractivity contribution in [3.8, 4) is 11.8 Å². The highest BCUT2D eigenvalue weighted by atomic mass is 16.5. The van der Waals surface area contributed by atoms with Gasteiger partial charge in [0.05, 0.1) is 33.3 Å². The molecule has 0 unspecified atom stereocenters. The van der Waals surface area contributed by atoms with Crippen LogP contribution in [0.15, 0.2) is 53.3 Å². The number of H-pyrrole nitrogens is 1. The smallest absolute Gasteiger partial charge is 0.328 e. The standard InChI is InChI=1S/C32H42N6O6/c1-3-4-17-44-31-35-29(33)28-30(36-31)38(32(41)34-28)22-23-10-12-26(13-11-23)43-18-7-15-37(14-6-16-39)21-25-9-5-8-24(19-25)20-27(40)42-2/h5,8-13,19,39H,3-4,6-7,14-18,20-22H2,1-2H3,(H,34,41)(H2,33,35,36). The molecule has 2 heterocycles. The highest BCUT2D eigenvalue weighted by Gasteiger charge is 2.15. The van der Waals surface area contributed by atoms with Gasteiger partial charge in [-0.2, -0.15) is 9.97 Å². The Labute approximate surface area is 256 Å². The zero-order chi connectivity index (χ0) is 31.3. The second kappa shape index (κ2) is 16.4. The SMILES string of the molecule is CCCCOc1nc(N)c2[nH]c(=O)n(Cc3ccc(OCCCN(CCCO)Cc4cccc(CC(=O)OC)c4)cc3)c2n1. The molecule has 0 radical (unpaired) electrons. The molecule has 0 fully saturated rings. The number of esters is 1. The Balaban J connectivity index is 1.31. The van der Waals surface area contributed by atoms with E-state index in [0.717, 1.165) is 54.8 Å². The number of aliphatic hydroxyl groups excluding tert-OH is 1. The van der Waals surface area contributed by atoms with Crippen molar-refractivity contribution < 1.29 is 24.1 Å². The molecule has 4 aromatic rings. The number of unbranched alkanes of at least 4 members (excludes halogenated alkanes) is 1. The van der Waals surface area contributed by atoms with Crippen LogP contribution in [0.5, 0.6) is 11.8 Å². The molecule has 0 aliphatic carbocycles. The second-order valence-corrected chi connectivity index (χ2v) is 10.6. The number of rotatable bonds is 18. The van der Waals surface area contributed by atoms with Gasteiger partial charge in [-0.05, 0) is 48.1 Å². The minimum atomic E-state index is -0.326. The van der Waals surface area contributed by atoms with E-state index in [1.165, 1.54) is 11.7 Å². The lowest BCUT2D eigenvalue weighted by molar-refractivity contribution is -0.139. The maximum Gasteiger partial charge on any atom is 0.328 e. The van der Waals surface area contributed by atoms with Crippen molar-refractivity contribution in [3.05, 3.63) is 75.7 Å². The molecule has 0 aliphatic heterocycles. The van der Waals surface area contributed by atoms with Gasteiger partial charge in [-0.3, -0.25) is 14.3 Å². The number of carbonyl (C=O) groups excluding carboxylic acids is 1. The maximum absolute atomic E-state index is 12.7. The molecule has 0 saturated heterocycles. The normalized spacial score (nSPS) is 11.3. The van der Waals surface area contributed by atoms with E-state index in [9.17, 15) is 14.7 Å². The number of nitrogens with two attached hydrogens (primary N) is 1. The first kappa shape index (κ1) is 32.5. The quantitative estimate of drug-likeness (QED) is 0.113. The van der Waals surface area contributed by atoms with E-state index in [-0.39, 0.29) is 36.5 Å². The number of aliphatic hydroxyl groups is 1. The van der Waals surface area contributed by atoms with Crippen LogP contribution in [0.4, 0.5) is 5.82 Å². The van der Waals surface area contributed by atoms with Crippen LogP contribution < -0.4 is 20.9 Å². The Hall–Kier alpha value is -4.42. The summed E-state index contributed by atoms with van der Waals surface area (Å²) in [6.07, 6.45) is 3.56. The van der Waals surface area contributed by atoms with Gasteiger partial charge in [0.2, 0.25) is 0 Å². The van der Waals surface area contributed by atoms with Crippen molar-refractivity contribution in [3.63, 3.8) is 0 Å². The van der Waals surface area contributed by atoms with Crippen LogP contribution in [0, 0.1) is 0 Å².